The van der Waals surface area contributed by atoms with Crippen LogP contribution in [-0.4, -0.2) is 49.8 Å². The molecule has 2 atom stereocenters. The number of oxime groups is 1. The fourth-order valence-electron chi connectivity index (χ4n) is 3.70. The molecule has 3 aromatic heterocycles. The van der Waals surface area contributed by atoms with E-state index < -0.39 is 0 Å². The lowest BCUT2D eigenvalue weighted by Crippen LogP contribution is -2.42. The summed E-state index contributed by atoms with van der Waals surface area (Å²) in [4.78, 5) is 9.85. The number of nitrogens with one attached hydrogen (secondary N) is 1. The largest absolute Gasteiger partial charge is 0.399 e. The minimum absolute atomic E-state index is 0.219. The normalized spacial score (nSPS) is 20.6. The molecule has 0 saturated carbocycles. The first kappa shape index (κ1) is 18.9. The highest BCUT2D eigenvalue weighted by Crippen LogP contribution is 2.35. The molecule has 3 aromatic rings. The Morgan fingerprint density at radius 3 is 2.82 bits per heavy atom. The standard InChI is InChI=1S/C18H23BrN8O/c1-10(25-28-3)14-5-4-11(6-21-14)16-15(19)17(20)27-18(24-16)13(8-23-27)12-7-22-26(2)9-12/h7-9,11,14,21H,4-6,20H2,1-3H3/b25-10+. The molecular formula is C18H23BrN8O. The van der Waals surface area contributed by atoms with Crippen LogP contribution < -0.4 is 11.1 Å². The fraction of sp³-hybridized carbons (Fsp3) is 0.444. The molecule has 0 radical (unpaired) electrons. The molecule has 3 N–H and O–H groups in total. The van der Waals surface area contributed by atoms with Crippen molar-refractivity contribution in [1.29, 1.82) is 0 Å². The van der Waals surface area contributed by atoms with Crippen molar-refractivity contribution >= 4 is 33.1 Å². The number of aryl methyl sites for hydroxylation is 1. The second kappa shape index (κ2) is 7.51. The Morgan fingerprint density at radius 2 is 2.18 bits per heavy atom. The van der Waals surface area contributed by atoms with Crippen molar-refractivity contribution in [2.24, 2.45) is 12.2 Å². The van der Waals surface area contributed by atoms with Gasteiger partial charge in [-0.2, -0.15) is 14.7 Å². The summed E-state index contributed by atoms with van der Waals surface area (Å²) in [5.74, 6) is 0.791. The topological polar surface area (TPSA) is 108 Å². The van der Waals surface area contributed by atoms with Crippen LogP contribution in [0.15, 0.2) is 28.2 Å². The average molecular weight is 447 g/mol. The van der Waals surface area contributed by atoms with Gasteiger partial charge in [0.15, 0.2) is 5.65 Å². The van der Waals surface area contributed by atoms with E-state index in [1.165, 1.54) is 0 Å². The third kappa shape index (κ3) is 3.26. The van der Waals surface area contributed by atoms with Gasteiger partial charge >= 0.3 is 0 Å². The molecule has 10 heteroatoms. The number of nitrogens with zero attached hydrogens (tertiary/aromatic N) is 6. The van der Waals surface area contributed by atoms with Crippen LogP contribution in [0.25, 0.3) is 16.8 Å². The Morgan fingerprint density at radius 1 is 1.36 bits per heavy atom. The quantitative estimate of drug-likeness (QED) is 0.470. The number of rotatable bonds is 4. The van der Waals surface area contributed by atoms with Crippen LogP contribution in [0, 0.1) is 0 Å². The number of halogens is 1. The van der Waals surface area contributed by atoms with Crippen LogP contribution in [0.1, 0.15) is 31.4 Å². The van der Waals surface area contributed by atoms with Crippen molar-refractivity contribution in [3.8, 4) is 11.1 Å². The predicted octanol–water partition coefficient (Wildman–Crippen LogP) is 2.33. The van der Waals surface area contributed by atoms with Gasteiger partial charge in [0.2, 0.25) is 0 Å². The number of nitrogen functional groups attached to an aromatic ring is 1. The molecule has 1 aliphatic heterocycles. The molecule has 2 unspecified atom stereocenters. The van der Waals surface area contributed by atoms with Crippen LogP contribution in [0.2, 0.25) is 0 Å². The maximum Gasteiger partial charge on any atom is 0.165 e. The van der Waals surface area contributed by atoms with Gasteiger partial charge in [0.25, 0.3) is 0 Å². The van der Waals surface area contributed by atoms with E-state index in [2.05, 4.69) is 36.6 Å². The van der Waals surface area contributed by atoms with Gasteiger partial charge in [0.1, 0.15) is 12.9 Å². The van der Waals surface area contributed by atoms with Crippen molar-refractivity contribution in [2.45, 2.75) is 31.7 Å². The first-order chi connectivity index (χ1) is 13.5. The van der Waals surface area contributed by atoms with Crippen LogP contribution in [0.3, 0.4) is 0 Å². The highest BCUT2D eigenvalue weighted by Gasteiger charge is 2.28. The Kier molecular flexibility index (Phi) is 5.07. The minimum atomic E-state index is 0.219. The number of hydrogen-bond acceptors (Lipinski definition) is 7. The summed E-state index contributed by atoms with van der Waals surface area (Å²) < 4.78 is 4.23. The second-order valence-electron chi connectivity index (χ2n) is 7.04. The van der Waals surface area contributed by atoms with E-state index in [4.69, 9.17) is 15.6 Å². The zero-order valence-corrected chi connectivity index (χ0v) is 17.6. The molecule has 1 saturated heterocycles. The number of hydrogen-bond donors (Lipinski definition) is 2. The van der Waals surface area contributed by atoms with E-state index in [1.807, 2.05) is 20.2 Å². The van der Waals surface area contributed by atoms with Gasteiger partial charge in [-0.25, -0.2) is 4.98 Å². The highest BCUT2D eigenvalue weighted by atomic mass is 79.9. The zero-order valence-electron chi connectivity index (χ0n) is 16.1. The van der Waals surface area contributed by atoms with E-state index in [0.29, 0.717) is 5.82 Å². The van der Waals surface area contributed by atoms with Crippen molar-refractivity contribution in [3.63, 3.8) is 0 Å². The average Bonchev–Trinajstić information content (AvgIpc) is 3.31. The number of piperidine rings is 1. The minimum Gasteiger partial charge on any atom is -0.399 e. The van der Waals surface area contributed by atoms with Gasteiger partial charge in [-0.1, -0.05) is 5.16 Å². The SMILES string of the molecule is CO/N=C(\C)C1CCC(c2nc3c(-c4cnn(C)c4)cnn3c(N)c2Br)CN1. The molecule has 1 aliphatic rings. The molecule has 4 heterocycles. The number of anilines is 1. The second-order valence-corrected chi connectivity index (χ2v) is 7.84. The van der Waals surface area contributed by atoms with Crippen molar-refractivity contribution < 1.29 is 4.84 Å². The molecule has 28 heavy (non-hydrogen) atoms. The van der Waals surface area contributed by atoms with Crippen LogP contribution in [0.4, 0.5) is 5.82 Å². The van der Waals surface area contributed by atoms with Gasteiger partial charge in [0.05, 0.1) is 28.3 Å². The van der Waals surface area contributed by atoms with E-state index in [9.17, 15) is 0 Å². The Bertz CT molecular complexity index is 1030. The lowest BCUT2D eigenvalue weighted by Gasteiger charge is -2.30. The Labute approximate surface area is 171 Å². The van der Waals surface area contributed by atoms with E-state index in [1.54, 1.807) is 28.7 Å². The summed E-state index contributed by atoms with van der Waals surface area (Å²) in [5, 5.41) is 16.3. The highest BCUT2D eigenvalue weighted by molar-refractivity contribution is 9.10. The number of aromatic nitrogens is 5. The third-order valence-corrected chi connectivity index (χ3v) is 6.02. The molecule has 4 rings (SSSR count). The maximum atomic E-state index is 6.37. The van der Waals surface area contributed by atoms with Gasteiger partial charge in [-0.05, 0) is 35.7 Å². The van der Waals surface area contributed by atoms with E-state index in [0.717, 1.165) is 52.0 Å². The van der Waals surface area contributed by atoms with Gasteiger partial charge in [-0.15, -0.1) is 0 Å². The van der Waals surface area contributed by atoms with Gasteiger partial charge in [-0.3, -0.25) is 4.68 Å². The molecule has 148 valence electrons. The van der Waals surface area contributed by atoms with Crippen LogP contribution >= 0.6 is 15.9 Å². The van der Waals surface area contributed by atoms with Crippen molar-refractivity contribution in [1.82, 2.24) is 29.7 Å². The summed E-state index contributed by atoms with van der Waals surface area (Å²) in [6.45, 7) is 2.77. The summed E-state index contributed by atoms with van der Waals surface area (Å²) in [6, 6.07) is 0.219. The molecule has 0 aliphatic carbocycles. The number of fused-ring (bicyclic) bond motifs is 1. The third-order valence-electron chi connectivity index (χ3n) is 5.20. The first-order valence-electron chi connectivity index (χ1n) is 9.12. The van der Waals surface area contributed by atoms with Crippen molar-refractivity contribution in [2.75, 3.05) is 19.4 Å². The molecule has 1 fully saturated rings. The molecule has 0 bridgehead atoms. The molecule has 0 spiro atoms. The van der Waals surface area contributed by atoms with E-state index in [-0.39, 0.29) is 12.0 Å². The lowest BCUT2D eigenvalue weighted by atomic mass is 9.90. The summed E-state index contributed by atoms with van der Waals surface area (Å²) in [7, 11) is 3.46. The predicted molar refractivity (Wildman–Crippen MR) is 111 cm³/mol. The first-order valence-corrected chi connectivity index (χ1v) is 9.91. The smallest absolute Gasteiger partial charge is 0.165 e. The molecule has 0 amide bonds. The van der Waals surface area contributed by atoms with Crippen LogP contribution in [0.5, 0.6) is 0 Å². The van der Waals surface area contributed by atoms with E-state index >= 15 is 0 Å². The molecular weight excluding hydrogens is 424 g/mol. The van der Waals surface area contributed by atoms with Crippen LogP contribution in [-0.2, 0) is 11.9 Å². The summed E-state index contributed by atoms with van der Waals surface area (Å²) in [5.41, 5.74) is 10.9. The van der Waals surface area contributed by atoms with Crippen molar-refractivity contribution in [3.05, 3.63) is 28.8 Å². The summed E-state index contributed by atoms with van der Waals surface area (Å²) >= 11 is 3.64. The van der Waals surface area contributed by atoms with Gasteiger partial charge < -0.3 is 15.9 Å². The molecule has 0 aromatic carbocycles. The zero-order chi connectivity index (χ0) is 19.8. The number of nitrogens with two attached hydrogens (primary N) is 1. The maximum absolute atomic E-state index is 6.37. The molecule has 9 nitrogen and oxygen atoms in total. The monoisotopic (exact) mass is 446 g/mol. The summed E-state index contributed by atoms with van der Waals surface area (Å²) in [6.07, 6.45) is 7.47. The Balaban J connectivity index is 1.68. The Hall–Kier alpha value is -2.46. The van der Waals surface area contributed by atoms with Gasteiger partial charge in [0, 0.05) is 42.9 Å². The lowest BCUT2D eigenvalue weighted by molar-refractivity contribution is 0.210. The fourth-order valence-corrected chi connectivity index (χ4v) is 4.28.